The second-order valence-corrected chi connectivity index (χ2v) is 3.80. The normalized spacial score (nSPS) is 15.9. The summed E-state index contributed by atoms with van der Waals surface area (Å²) in [6.45, 7) is 2.15. The predicted octanol–water partition coefficient (Wildman–Crippen LogP) is 0.938. The standard InChI is InChI=1S/C12H18N2O2/c1-13-8-10(14-2)9-3-4-11-12(7-9)16-6-5-15-11/h3-4,7,10,13-14H,5-6,8H2,1-2H3. The zero-order valence-electron chi connectivity index (χ0n) is 9.75. The number of hydrogen-bond donors (Lipinski definition) is 2. The van der Waals surface area contributed by atoms with Crippen molar-refractivity contribution in [3.05, 3.63) is 23.8 Å². The van der Waals surface area contributed by atoms with Crippen molar-refractivity contribution in [1.29, 1.82) is 0 Å². The predicted molar refractivity (Wildman–Crippen MR) is 63.2 cm³/mol. The third-order valence-corrected chi connectivity index (χ3v) is 2.73. The van der Waals surface area contributed by atoms with Crippen LogP contribution in [0.2, 0.25) is 0 Å². The first kappa shape index (κ1) is 11.2. The smallest absolute Gasteiger partial charge is 0.161 e. The summed E-state index contributed by atoms with van der Waals surface area (Å²) in [6.07, 6.45) is 0. The van der Waals surface area contributed by atoms with E-state index in [4.69, 9.17) is 9.47 Å². The van der Waals surface area contributed by atoms with E-state index in [1.54, 1.807) is 0 Å². The summed E-state index contributed by atoms with van der Waals surface area (Å²) in [5, 5.41) is 6.43. The van der Waals surface area contributed by atoms with Crippen molar-refractivity contribution in [2.75, 3.05) is 33.9 Å². The van der Waals surface area contributed by atoms with E-state index in [1.165, 1.54) is 5.56 Å². The van der Waals surface area contributed by atoms with E-state index in [2.05, 4.69) is 16.7 Å². The third-order valence-electron chi connectivity index (χ3n) is 2.73. The van der Waals surface area contributed by atoms with Gasteiger partial charge in [-0.2, -0.15) is 0 Å². The van der Waals surface area contributed by atoms with Crippen molar-refractivity contribution < 1.29 is 9.47 Å². The Hall–Kier alpha value is -1.26. The van der Waals surface area contributed by atoms with Crippen LogP contribution in [-0.4, -0.2) is 33.9 Å². The first-order chi connectivity index (χ1) is 7.85. The van der Waals surface area contributed by atoms with Gasteiger partial charge in [-0.15, -0.1) is 0 Å². The largest absolute Gasteiger partial charge is 0.486 e. The highest BCUT2D eigenvalue weighted by Gasteiger charge is 2.15. The Balaban J connectivity index is 2.21. The third kappa shape index (κ3) is 2.28. The van der Waals surface area contributed by atoms with Crippen molar-refractivity contribution in [3.8, 4) is 11.5 Å². The molecule has 0 fully saturated rings. The fourth-order valence-electron chi connectivity index (χ4n) is 1.87. The van der Waals surface area contributed by atoms with Gasteiger partial charge in [0.2, 0.25) is 0 Å². The van der Waals surface area contributed by atoms with Gasteiger partial charge in [-0.05, 0) is 31.8 Å². The summed E-state index contributed by atoms with van der Waals surface area (Å²) in [5.41, 5.74) is 1.21. The molecule has 0 aliphatic carbocycles. The zero-order valence-corrected chi connectivity index (χ0v) is 9.75. The van der Waals surface area contributed by atoms with Crippen LogP contribution >= 0.6 is 0 Å². The highest BCUT2D eigenvalue weighted by molar-refractivity contribution is 5.44. The zero-order chi connectivity index (χ0) is 11.4. The van der Waals surface area contributed by atoms with E-state index in [0.717, 1.165) is 18.0 Å². The summed E-state index contributed by atoms with van der Waals surface area (Å²) < 4.78 is 11.1. The van der Waals surface area contributed by atoms with Crippen LogP contribution in [-0.2, 0) is 0 Å². The van der Waals surface area contributed by atoms with Crippen molar-refractivity contribution in [2.24, 2.45) is 0 Å². The number of ether oxygens (including phenoxy) is 2. The molecule has 16 heavy (non-hydrogen) atoms. The Morgan fingerprint density at radius 3 is 2.62 bits per heavy atom. The van der Waals surface area contributed by atoms with Gasteiger partial charge in [-0.3, -0.25) is 0 Å². The van der Waals surface area contributed by atoms with Gasteiger partial charge in [0.25, 0.3) is 0 Å². The lowest BCUT2D eigenvalue weighted by Gasteiger charge is -2.21. The van der Waals surface area contributed by atoms with Crippen molar-refractivity contribution in [2.45, 2.75) is 6.04 Å². The molecule has 1 heterocycles. The van der Waals surface area contributed by atoms with Crippen LogP contribution in [0.5, 0.6) is 11.5 Å². The number of rotatable bonds is 4. The van der Waals surface area contributed by atoms with E-state index in [-0.39, 0.29) is 0 Å². The number of fused-ring (bicyclic) bond motifs is 1. The molecule has 1 atom stereocenters. The first-order valence-electron chi connectivity index (χ1n) is 5.56. The van der Waals surface area contributed by atoms with Gasteiger partial charge in [0, 0.05) is 12.6 Å². The van der Waals surface area contributed by atoms with Gasteiger partial charge in [0.05, 0.1) is 0 Å². The molecule has 2 rings (SSSR count). The fraction of sp³-hybridized carbons (Fsp3) is 0.500. The molecule has 0 amide bonds. The highest BCUT2D eigenvalue weighted by Crippen LogP contribution is 2.32. The summed E-state index contributed by atoms with van der Waals surface area (Å²) in [7, 11) is 3.90. The molecule has 2 N–H and O–H groups in total. The van der Waals surface area contributed by atoms with Gasteiger partial charge in [-0.25, -0.2) is 0 Å². The Bertz CT molecular complexity index is 355. The molecule has 4 nitrogen and oxygen atoms in total. The Labute approximate surface area is 95.9 Å². The molecule has 88 valence electrons. The molecule has 0 saturated heterocycles. The Morgan fingerprint density at radius 1 is 1.19 bits per heavy atom. The number of benzene rings is 1. The van der Waals surface area contributed by atoms with Crippen molar-refractivity contribution in [1.82, 2.24) is 10.6 Å². The monoisotopic (exact) mass is 222 g/mol. The van der Waals surface area contributed by atoms with Gasteiger partial charge < -0.3 is 20.1 Å². The maximum absolute atomic E-state index is 5.56. The minimum atomic E-state index is 0.292. The first-order valence-corrected chi connectivity index (χ1v) is 5.56. The lowest BCUT2D eigenvalue weighted by atomic mass is 10.1. The van der Waals surface area contributed by atoms with Crippen LogP contribution in [0.25, 0.3) is 0 Å². The Morgan fingerprint density at radius 2 is 1.94 bits per heavy atom. The van der Waals surface area contributed by atoms with Crippen LogP contribution in [0.1, 0.15) is 11.6 Å². The summed E-state index contributed by atoms with van der Waals surface area (Å²) in [4.78, 5) is 0. The second-order valence-electron chi connectivity index (χ2n) is 3.80. The minimum Gasteiger partial charge on any atom is -0.486 e. The maximum atomic E-state index is 5.56. The van der Waals surface area contributed by atoms with Gasteiger partial charge in [-0.1, -0.05) is 6.07 Å². The number of hydrogen-bond acceptors (Lipinski definition) is 4. The molecule has 0 radical (unpaired) electrons. The topological polar surface area (TPSA) is 42.5 Å². The summed E-state index contributed by atoms with van der Waals surface area (Å²) in [5.74, 6) is 1.69. The molecular weight excluding hydrogens is 204 g/mol. The van der Waals surface area contributed by atoms with Crippen molar-refractivity contribution in [3.63, 3.8) is 0 Å². The van der Waals surface area contributed by atoms with Gasteiger partial charge in [0.1, 0.15) is 13.2 Å². The number of nitrogens with one attached hydrogen (secondary N) is 2. The number of likely N-dealkylation sites (N-methyl/N-ethyl adjacent to an activating group) is 2. The average molecular weight is 222 g/mol. The quantitative estimate of drug-likeness (QED) is 0.795. The Kier molecular flexibility index (Phi) is 3.64. The SMILES string of the molecule is CNCC(NC)c1ccc2c(c1)OCCO2. The van der Waals surface area contributed by atoms with E-state index in [0.29, 0.717) is 19.3 Å². The molecule has 0 spiro atoms. The van der Waals surface area contributed by atoms with E-state index in [1.807, 2.05) is 26.2 Å². The van der Waals surface area contributed by atoms with E-state index < -0.39 is 0 Å². The van der Waals surface area contributed by atoms with Gasteiger partial charge in [0.15, 0.2) is 11.5 Å². The highest BCUT2D eigenvalue weighted by atomic mass is 16.6. The molecule has 0 saturated carbocycles. The second kappa shape index (κ2) is 5.18. The maximum Gasteiger partial charge on any atom is 0.161 e. The van der Waals surface area contributed by atoms with E-state index in [9.17, 15) is 0 Å². The fourth-order valence-corrected chi connectivity index (χ4v) is 1.87. The average Bonchev–Trinajstić information content (AvgIpc) is 2.35. The lowest BCUT2D eigenvalue weighted by Crippen LogP contribution is -2.27. The van der Waals surface area contributed by atoms with Crippen LogP contribution in [0.3, 0.4) is 0 Å². The van der Waals surface area contributed by atoms with Crippen LogP contribution in [0, 0.1) is 0 Å². The lowest BCUT2D eigenvalue weighted by molar-refractivity contribution is 0.171. The van der Waals surface area contributed by atoms with Crippen LogP contribution in [0.4, 0.5) is 0 Å². The molecular formula is C12H18N2O2. The van der Waals surface area contributed by atoms with Gasteiger partial charge >= 0.3 is 0 Å². The molecule has 1 aliphatic heterocycles. The molecule has 0 bridgehead atoms. The van der Waals surface area contributed by atoms with Crippen LogP contribution < -0.4 is 20.1 Å². The minimum absolute atomic E-state index is 0.292. The summed E-state index contributed by atoms with van der Waals surface area (Å²) >= 11 is 0. The molecule has 0 aromatic heterocycles. The van der Waals surface area contributed by atoms with Crippen LogP contribution in [0.15, 0.2) is 18.2 Å². The molecule has 1 aromatic carbocycles. The molecule has 4 heteroatoms. The molecule has 1 unspecified atom stereocenters. The van der Waals surface area contributed by atoms with E-state index >= 15 is 0 Å². The van der Waals surface area contributed by atoms with Crippen molar-refractivity contribution >= 4 is 0 Å². The molecule has 1 aromatic rings. The summed E-state index contributed by atoms with van der Waals surface area (Å²) in [6, 6.07) is 6.39. The molecule has 1 aliphatic rings.